The molecule has 1 aromatic heterocycles. The first-order valence-electron chi connectivity index (χ1n) is 5.97. The third-order valence-electron chi connectivity index (χ3n) is 3.04. The minimum Gasteiger partial charge on any atom is -0.392 e. The zero-order chi connectivity index (χ0) is 13.8. The second kappa shape index (κ2) is 6.27. The van der Waals surface area contributed by atoms with Crippen LogP contribution in [0.5, 0.6) is 0 Å². The first-order valence-corrected chi connectivity index (χ1v) is 6.76. The Morgan fingerprint density at radius 3 is 2.68 bits per heavy atom. The third kappa shape index (κ3) is 3.62. The van der Waals surface area contributed by atoms with E-state index in [1.165, 1.54) is 6.20 Å². The van der Waals surface area contributed by atoms with Gasteiger partial charge in [0.15, 0.2) is 0 Å². The van der Waals surface area contributed by atoms with Crippen molar-refractivity contribution in [2.75, 3.05) is 32.7 Å². The summed E-state index contributed by atoms with van der Waals surface area (Å²) in [5, 5.41) is 0.387. The molecule has 0 atom stereocenters. The predicted molar refractivity (Wildman–Crippen MR) is 78.4 cm³/mol. The fourth-order valence-electron chi connectivity index (χ4n) is 2.05. The van der Waals surface area contributed by atoms with Crippen molar-refractivity contribution in [1.82, 2.24) is 14.8 Å². The molecular weight excluding hydrogens is 284 g/mol. The van der Waals surface area contributed by atoms with E-state index in [0.29, 0.717) is 35.2 Å². The Balaban J connectivity index is 1.96. The van der Waals surface area contributed by atoms with E-state index in [9.17, 15) is 4.79 Å². The Kier molecular flexibility index (Phi) is 4.68. The number of thiocarbonyl (C=S) groups is 1. The summed E-state index contributed by atoms with van der Waals surface area (Å²) < 4.78 is 0. The summed E-state index contributed by atoms with van der Waals surface area (Å²) in [4.78, 5) is 20.6. The Bertz CT molecular complexity index is 488. The molecule has 19 heavy (non-hydrogen) atoms. The van der Waals surface area contributed by atoms with Gasteiger partial charge in [-0.25, -0.2) is 0 Å². The maximum absolute atomic E-state index is 12.3. The molecule has 1 amide bonds. The highest BCUT2D eigenvalue weighted by Crippen LogP contribution is 2.16. The average molecular weight is 299 g/mol. The SMILES string of the molecule is NC(=S)CN1CCN(C(=O)c2ccncc2Cl)CC1. The molecular formula is C12H15ClN4OS. The van der Waals surface area contributed by atoms with E-state index < -0.39 is 0 Å². The van der Waals surface area contributed by atoms with E-state index in [2.05, 4.69) is 9.88 Å². The molecule has 102 valence electrons. The minimum absolute atomic E-state index is 0.0534. The molecule has 2 heterocycles. The molecule has 1 fully saturated rings. The molecule has 1 saturated heterocycles. The molecule has 0 aliphatic carbocycles. The van der Waals surface area contributed by atoms with Crippen LogP contribution < -0.4 is 5.73 Å². The monoisotopic (exact) mass is 298 g/mol. The number of pyridine rings is 1. The standard InChI is InChI=1S/C12H15ClN4OS/c13-10-7-15-2-1-9(10)12(18)17-5-3-16(4-6-17)8-11(14)19/h1-2,7H,3-6,8H2,(H2,14,19). The molecule has 2 rings (SSSR count). The predicted octanol–water partition coefficient (Wildman–Crippen LogP) is 0.779. The van der Waals surface area contributed by atoms with Gasteiger partial charge >= 0.3 is 0 Å². The minimum atomic E-state index is -0.0534. The second-order valence-corrected chi connectivity index (χ2v) is 5.32. The number of carbonyl (C=O) groups is 1. The Hall–Kier alpha value is -1.24. The average Bonchev–Trinajstić information content (AvgIpc) is 2.39. The molecule has 0 aromatic carbocycles. The zero-order valence-corrected chi connectivity index (χ0v) is 12.0. The van der Waals surface area contributed by atoms with Crippen LogP contribution in [0.15, 0.2) is 18.5 Å². The van der Waals surface area contributed by atoms with Crippen LogP contribution in [-0.2, 0) is 0 Å². The van der Waals surface area contributed by atoms with E-state index in [1.54, 1.807) is 17.2 Å². The number of amides is 1. The number of aromatic nitrogens is 1. The molecule has 2 N–H and O–H groups in total. The van der Waals surface area contributed by atoms with Crippen LogP contribution in [0.2, 0.25) is 5.02 Å². The fourth-order valence-corrected chi connectivity index (χ4v) is 2.43. The van der Waals surface area contributed by atoms with Gasteiger partial charge in [0.25, 0.3) is 5.91 Å². The summed E-state index contributed by atoms with van der Waals surface area (Å²) in [7, 11) is 0. The van der Waals surface area contributed by atoms with Crippen molar-refractivity contribution < 1.29 is 4.79 Å². The molecule has 1 aliphatic heterocycles. The van der Waals surface area contributed by atoms with Crippen LogP contribution in [0.1, 0.15) is 10.4 Å². The van der Waals surface area contributed by atoms with Crippen molar-refractivity contribution in [3.63, 3.8) is 0 Å². The largest absolute Gasteiger partial charge is 0.392 e. The molecule has 0 unspecified atom stereocenters. The first-order chi connectivity index (χ1) is 9.08. The number of carbonyl (C=O) groups excluding carboxylic acids is 1. The lowest BCUT2D eigenvalue weighted by Crippen LogP contribution is -2.50. The van der Waals surface area contributed by atoms with Gasteiger partial charge in [-0.2, -0.15) is 0 Å². The quantitative estimate of drug-likeness (QED) is 0.836. The van der Waals surface area contributed by atoms with Gasteiger partial charge in [-0.15, -0.1) is 0 Å². The fraction of sp³-hybridized carbons (Fsp3) is 0.417. The summed E-state index contributed by atoms with van der Waals surface area (Å²) in [6.45, 7) is 3.45. The van der Waals surface area contributed by atoms with Gasteiger partial charge in [0.05, 0.1) is 15.6 Å². The van der Waals surface area contributed by atoms with Crippen LogP contribution in [0.4, 0.5) is 0 Å². The molecule has 0 saturated carbocycles. The number of nitrogens with zero attached hydrogens (tertiary/aromatic N) is 3. The molecule has 0 spiro atoms. The van der Waals surface area contributed by atoms with Crippen LogP contribution in [0.25, 0.3) is 0 Å². The number of hydrogen-bond donors (Lipinski definition) is 1. The Labute approximate surface area is 122 Å². The molecule has 0 bridgehead atoms. The van der Waals surface area contributed by atoms with Crippen molar-refractivity contribution in [1.29, 1.82) is 0 Å². The van der Waals surface area contributed by atoms with Gasteiger partial charge in [0.1, 0.15) is 0 Å². The number of hydrogen-bond acceptors (Lipinski definition) is 4. The maximum atomic E-state index is 12.3. The Morgan fingerprint density at radius 2 is 2.11 bits per heavy atom. The van der Waals surface area contributed by atoms with Gasteiger partial charge in [-0.1, -0.05) is 23.8 Å². The number of halogens is 1. The van der Waals surface area contributed by atoms with Gasteiger partial charge in [0, 0.05) is 45.1 Å². The lowest BCUT2D eigenvalue weighted by Gasteiger charge is -2.34. The molecule has 7 heteroatoms. The summed E-state index contributed by atoms with van der Waals surface area (Å²) in [5.74, 6) is -0.0534. The van der Waals surface area contributed by atoms with E-state index in [4.69, 9.17) is 29.6 Å². The van der Waals surface area contributed by atoms with Gasteiger partial charge in [-0.05, 0) is 6.07 Å². The van der Waals surface area contributed by atoms with Crippen molar-refractivity contribution in [3.05, 3.63) is 29.0 Å². The van der Waals surface area contributed by atoms with Gasteiger partial charge in [-0.3, -0.25) is 14.7 Å². The van der Waals surface area contributed by atoms with Gasteiger partial charge in [0.2, 0.25) is 0 Å². The van der Waals surface area contributed by atoms with Crippen molar-refractivity contribution in [2.45, 2.75) is 0 Å². The van der Waals surface area contributed by atoms with Crippen LogP contribution in [0.3, 0.4) is 0 Å². The number of piperazine rings is 1. The highest BCUT2D eigenvalue weighted by atomic mass is 35.5. The maximum Gasteiger partial charge on any atom is 0.255 e. The van der Waals surface area contributed by atoms with E-state index in [0.717, 1.165) is 13.1 Å². The number of nitrogens with two attached hydrogens (primary N) is 1. The highest BCUT2D eigenvalue weighted by Gasteiger charge is 2.23. The number of rotatable bonds is 3. The second-order valence-electron chi connectivity index (χ2n) is 4.39. The van der Waals surface area contributed by atoms with Crippen LogP contribution >= 0.6 is 23.8 Å². The summed E-state index contributed by atoms with van der Waals surface area (Å²) in [6.07, 6.45) is 3.06. The normalized spacial score (nSPS) is 16.4. The lowest BCUT2D eigenvalue weighted by molar-refractivity contribution is 0.0654. The Morgan fingerprint density at radius 1 is 1.42 bits per heavy atom. The zero-order valence-electron chi connectivity index (χ0n) is 10.4. The molecule has 1 aliphatic rings. The van der Waals surface area contributed by atoms with E-state index in [-0.39, 0.29) is 5.91 Å². The topological polar surface area (TPSA) is 62.5 Å². The summed E-state index contributed by atoms with van der Waals surface area (Å²) in [5.41, 5.74) is 6.01. The van der Waals surface area contributed by atoms with E-state index >= 15 is 0 Å². The third-order valence-corrected chi connectivity index (χ3v) is 3.47. The lowest BCUT2D eigenvalue weighted by atomic mass is 10.2. The van der Waals surface area contributed by atoms with Gasteiger partial charge < -0.3 is 10.6 Å². The first kappa shape index (κ1) is 14.2. The van der Waals surface area contributed by atoms with Crippen molar-refractivity contribution in [2.24, 2.45) is 5.73 Å². The van der Waals surface area contributed by atoms with Crippen LogP contribution in [-0.4, -0.2) is 58.4 Å². The summed E-state index contributed by atoms with van der Waals surface area (Å²) >= 11 is 10.9. The van der Waals surface area contributed by atoms with Crippen molar-refractivity contribution in [3.8, 4) is 0 Å². The van der Waals surface area contributed by atoms with Crippen LogP contribution in [0, 0.1) is 0 Å². The molecule has 0 radical (unpaired) electrons. The smallest absolute Gasteiger partial charge is 0.255 e. The highest BCUT2D eigenvalue weighted by molar-refractivity contribution is 7.80. The molecule has 1 aromatic rings. The molecule has 5 nitrogen and oxygen atoms in total. The van der Waals surface area contributed by atoms with Crippen molar-refractivity contribution >= 4 is 34.7 Å². The summed E-state index contributed by atoms with van der Waals surface area (Å²) in [6, 6.07) is 1.64. The van der Waals surface area contributed by atoms with E-state index in [1.807, 2.05) is 0 Å².